The lowest BCUT2D eigenvalue weighted by Gasteiger charge is -2.32. The van der Waals surface area contributed by atoms with Gasteiger partial charge in [0, 0.05) is 18.8 Å². The number of rotatable bonds is 0. The maximum Gasteiger partial charge on any atom is 0.210 e. The fourth-order valence-electron chi connectivity index (χ4n) is 1.58. The largest absolute Gasteiger partial charge is 0.333 e. The number of anilines is 2. The fraction of sp³-hybridized carbons (Fsp3) is 0.455. The molecule has 3 nitrogen and oxygen atoms in total. The van der Waals surface area contributed by atoms with Gasteiger partial charge in [0.2, 0.25) is 6.67 Å². The Hall–Kier alpha value is -1.25. The summed E-state index contributed by atoms with van der Waals surface area (Å²) in [7, 11) is 1.97. The minimum absolute atomic E-state index is 0.0442. The van der Waals surface area contributed by atoms with E-state index < -0.39 is 0 Å². The molecule has 0 amide bonds. The molecule has 1 aliphatic rings. The van der Waals surface area contributed by atoms with Gasteiger partial charge in [-0.2, -0.15) is 0 Å². The van der Waals surface area contributed by atoms with Gasteiger partial charge < -0.3 is 9.80 Å². The van der Waals surface area contributed by atoms with Crippen LogP contribution in [0.5, 0.6) is 0 Å². The van der Waals surface area contributed by atoms with Crippen LogP contribution in [0.4, 0.5) is 11.5 Å². The van der Waals surface area contributed by atoms with Crippen LogP contribution in [0.15, 0.2) is 18.3 Å². The van der Waals surface area contributed by atoms with Crippen LogP contribution < -0.4 is 9.80 Å². The molecule has 2 radical (unpaired) electrons. The first-order chi connectivity index (χ1) is 6.50. The lowest BCUT2D eigenvalue weighted by molar-refractivity contribution is 0.541. The summed E-state index contributed by atoms with van der Waals surface area (Å²) in [6.07, 6.45) is 1.81. The summed E-state index contributed by atoms with van der Waals surface area (Å²) in [5.41, 5.74) is 1.17. The van der Waals surface area contributed by atoms with Crippen molar-refractivity contribution in [3.05, 3.63) is 25.0 Å². The van der Waals surface area contributed by atoms with Gasteiger partial charge in [-0.05, 0) is 32.9 Å². The minimum Gasteiger partial charge on any atom is -0.333 e. The summed E-state index contributed by atoms with van der Waals surface area (Å²) < 4.78 is 0. The number of hydrogen-bond acceptors (Lipinski definition) is 3. The molecule has 0 N–H and O–H groups in total. The van der Waals surface area contributed by atoms with E-state index in [4.69, 9.17) is 0 Å². The van der Waals surface area contributed by atoms with Crippen molar-refractivity contribution >= 4 is 11.5 Å². The van der Waals surface area contributed by atoms with Crippen LogP contribution in [0, 0.1) is 6.67 Å². The first-order valence-electron chi connectivity index (χ1n) is 4.75. The van der Waals surface area contributed by atoms with Crippen molar-refractivity contribution in [1.82, 2.24) is 4.98 Å². The molecule has 14 heavy (non-hydrogen) atoms. The smallest absolute Gasteiger partial charge is 0.210 e. The average Bonchev–Trinajstić information content (AvgIpc) is 2.44. The molecule has 0 unspecified atom stereocenters. The van der Waals surface area contributed by atoms with Gasteiger partial charge in [0.15, 0.2) is 5.82 Å². The van der Waals surface area contributed by atoms with Crippen molar-refractivity contribution in [3.8, 4) is 0 Å². The molecule has 0 fully saturated rings. The highest BCUT2D eigenvalue weighted by Crippen LogP contribution is 2.38. The Morgan fingerprint density at radius 2 is 2.07 bits per heavy atom. The molecule has 0 spiro atoms. The van der Waals surface area contributed by atoms with E-state index in [-0.39, 0.29) is 5.54 Å². The molecule has 0 atom stereocenters. The van der Waals surface area contributed by atoms with E-state index in [1.807, 2.05) is 24.2 Å². The van der Waals surface area contributed by atoms with Crippen LogP contribution in [0.1, 0.15) is 20.8 Å². The molecule has 3 heteroatoms. The Kier molecular flexibility index (Phi) is 1.91. The average molecular weight is 189 g/mol. The molecule has 0 aromatic carbocycles. The van der Waals surface area contributed by atoms with Gasteiger partial charge in [0.25, 0.3) is 0 Å². The SMILES string of the molecule is CN1[C]N(C(C)(C)C)c2cccnc21. The minimum atomic E-state index is 0.0442. The molecule has 0 saturated heterocycles. The lowest BCUT2D eigenvalue weighted by Crippen LogP contribution is -2.39. The third-order valence-corrected chi connectivity index (χ3v) is 2.25. The number of nitrogens with zero attached hydrogens (tertiary/aromatic N) is 3. The van der Waals surface area contributed by atoms with Crippen molar-refractivity contribution in [2.24, 2.45) is 0 Å². The Morgan fingerprint density at radius 1 is 1.36 bits per heavy atom. The topological polar surface area (TPSA) is 19.4 Å². The summed E-state index contributed by atoms with van der Waals surface area (Å²) >= 11 is 0. The van der Waals surface area contributed by atoms with E-state index >= 15 is 0 Å². The summed E-state index contributed by atoms with van der Waals surface area (Å²) in [4.78, 5) is 8.38. The van der Waals surface area contributed by atoms with Gasteiger partial charge in [0.1, 0.15) is 0 Å². The van der Waals surface area contributed by atoms with Crippen molar-refractivity contribution < 1.29 is 0 Å². The van der Waals surface area contributed by atoms with E-state index in [9.17, 15) is 0 Å². The van der Waals surface area contributed by atoms with E-state index in [0.717, 1.165) is 11.5 Å². The first kappa shape index (κ1) is 9.31. The van der Waals surface area contributed by atoms with Gasteiger partial charge in [0.05, 0.1) is 5.69 Å². The number of pyridine rings is 1. The number of aromatic nitrogens is 1. The Labute approximate surface area is 85.4 Å². The monoisotopic (exact) mass is 189 g/mol. The molecule has 0 bridgehead atoms. The zero-order chi connectivity index (χ0) is 10.3. The molecule has 74 valence electrons. The second-order valence-corrected chi connectivity index (χ2v) is 4.51. The van der Waals surface area contributed by atoms with E-state index in [2.05, 4.69) is 43.4 Å². The highest BCUT2D eigenvalue weighted by atomic mass is 15.4. The zero-order valence-electron chi connectivity index (χ0n) is 9.07. The molecule has 1 aromatic heterocycles. The normalized spacial score (nSPS) is 16.0. The quantitative estimate of drug-likeness (QED) is 0.623. The molecule has 0 aliphatic carbocycles. The molecule has 2 rings (SSSR count). The molecule has 2 heterocycles. The van der Waals surface area contributed by atoms with Crippen molar-refractivity contribution in [3.63, 3.8) is 0 Å². The maximum atomic E-state index is 4.33. The molecule has 0 saturated carbocycles. The van der Waals surface area contributed by atoms with Gasteiger partial charge in [-0.25, -0.2) is 4.98 Å². The third-order valence-electron chi connectivity index (χ3n) is 2.25. The van der Waals surface area contributed by atoms with E-state index in [1.165, 1.54) is 0 Å². The highest BCUT2D eigenvalue weighted by molar-refractivity contribution is 5.75. The predicted molar refractivity (Wildman–Crippen MR) is 58.1 cm³/mol. The third kappa shape index (κ3) is 1.33. The molecule has 1 aliphatic heterocycles. The van der Waals surface area contributed by atoms with Crippen molar-refractivity contribution in [2.75, 3.05) is 16.8 Å². The lowest BCUT2D eigenvalue weighted by atomic mass is 10.1. The molecule has 1 aromatic rings. The summed E-state index contributed by atoms with van der Waals surface area (Å²) in [6.45, 7) is 9.75. The standard InChI is InChI=1S/C11H15N3/c1-11(2,3)14-8-13(4)10-9(14)6-5-7-12-10/h5-7H,1-4H3. The Balaban J connectivity index is 2.44. The molecular weight excluding hydrogens is 174 g/mol. The van der Waals surface area contributed by atoms with Crippen LogP contribution in [0.25, 0.3) is 0 Å². The van der Waals surface area contributed by atoms with E-state index in [0.29, 0.717) is 0 Å². The highest BCUT2D eigenvalue weighted by Gasteiger charge is 2.33. The predicted octanol–water partition coefficient (Wildman–Crippen LogP) is 2.13. The van der Waals surface area contributed by atoms with Crippen molar-refractivity contribution in [2.45, 2.75) is 26.3 Å². The summed E-state index contributed by atoms with van der Waals surface area (Å²) in [5, 5.41) is 0. The number of hydrogen-bond donors (Lipinski definition) is 0. The molecular formula is C11H15N3. The number of fused-ring (bicyclic) bond motifs is 1. The fourth-order valence-corrected chi connectivity index (χ4v) is 1.58. The van der Waals surface area contributed by atoms with Crippen LogP contribution in [-0.4, -0.2) is 17.6 Å². The summed E-state index contributed by atoms with van der Waals surface area (Å²) in [6, 6.07) is 4.03. The van der Waals surface area contributed by atoms with Gasteiger partial charge in [-0.1, -0.05) is 0 Å². The van der Waals surface area contributed by atoms with Crippen LogP contribution in [0.3, 0.4) is 0 Å². The summed E-state index contributed by atoms with van der Waals surface area (Å²) in [5.74, 6) is 0.974. The van der Waals surface area contributed by atoms with E-state index in [1.54, 1.807) is 0 Å². The Bertz CT molecular complexity index is 341. The van der Waals surface area contributed by atoms with Crippen LogP contribution in [-0.2, 0) is 0 Å². The maximum absolute atomic E-state index is 4.33. The first-order valence-corrected chi connectivity index (χ1v) is 4.75. The van der Waals surface area contributed by atoms with Gasteiger partial charge in [-0.3, -0.25) is 0 Å². The van der Waals surface area contributed by atoms with Crippen LogP contribution in [0.2, 0.25) is 0 Å². The van der Waals surface area contributed by atoms with Crippen LogP contribution >= 0.6 is 0 Å². The van der Waals surface area contributed by atoms with Gasteiger partial charge >= 0.3 is 0 Å². The van der Waals surface area contributed by atoms with Crippen molar-refractivity contribution in [1.29, 1.82) is 0 Å². The second kappa shape index (κ2) is 2.87. The second-order valence-electron chi connectivity index (χ2n) is 4.51. The Morgan fingerprint density at radius 3 is 2.71 bits per heavy atom. The zero-order valence-corrected chi connectivity index (χ0v) is 9.07. The van der Waals surface area contributed by atoms with Gasteiger partial charge in [-0.15, -0.1) is 0 Å².